The summed E-state index contributed by atoms with van der Waals surface area (Å²) in [6.07, 6.45) is 0. The Bertz CT molecular complexity index is 339. The predicted octanol–water partition coefficient (Wildman–Crippen LogP) is 0.175. The minimum absolute atomic E-state index is 0.0529. The molecule has 5 heteroatoms. The minimum Gasteiger partial charge on any atom is -0.495 e. The normalized spacial score (nSPS) is 9.50. The van der Waals surface area contributed by atoms with Gasteiger partial charge in [0.1, 0.15) is 5.75 Å². The van der Waals surface area contributed by atoms with Crippen LogP contribution in [0, 0.1) is 0 Å². The van der Waals surface area contributed by atoms with E-state index < -0.39 is 5.91 Å². The zero-order valence-corrected chi connectivity index (χ0v) is 7.91. The van der Waals surface area contributed by atoms with Crippen molar-refractivity contribution >= 4 is 17.3 Å². The van der Waals surface area contributed by atoms with Crippen LogP contribution >= 0.6 is 0 Å². The van der Waals surface area contributed by atoms with E-state index in [-0.39, 0.29) is 6.54 Å². The highest BCUT2D eigenvalue weighted by atomic mass is 16.5. The van der Waals surface area contributed by atoms with Crippen LogP contribution in [-0.4, -0.2) is 19.6 Å². The van der Waals surface area contributed by atoms with E-state index >= 15 is 0 Å². The highest BCUT2D eigenvalue weighted by Crippen LogP contribution is 2.28. The van der Waals surface area contributed by atoms with E-state index in [9.17, 15) is 4.79 Å². The maximum absolute atomic E-state index is 10.5. The Balaban J connectivity index is 2.81. The number of methoxy groups -OCH3 is 1. The van der Waals surface area contributed by atoms with Gasteiger partial charge in [0.2, 0.25) is 5.91 Å². The molecule has 1 aromatic carbocycles. The van der Waals surface area contributed by atoms with Crippen LogP contribution in [0.2, 0.25) is 0 Å². The van der Waals surface area contributed by atoms with E-state index in [0.717, 1.165) is 0 Å². The first-order valence-corrected chi connectivity index (χ1v) is 4.09. The van der Waals surface area contributed by atoms with E-state index in [1.54, 1.807) is 18.2 Å². The Morgan fingerprint density at radius 2 is 2.29 bits per heavy atom. The molecule has 0 aliphatic rings. The molecule has 76 valence electrons. The molecule has 0 aromatic heterocycles. The van der Waals surface area contributed by atoms with Gasteiger partial charge in [0.25, 0.3) is 0 Å². The summed E-state index contributed by atoms with van der Waals surface area (Å²) in [6.45, 7) is 0.0529. The molecule has 0 saturated carbocycles. The molecule has 1 rings (SSSR count). The summed E-state index contributed by atoms with van der Waals surface area (Å²) < 4.78 is 5.01. The number of primary amides is 1. The van der Waals surface area contributed by atoms with Crippen molar-refractivity contribution in [3.05, 3.63) is 18.2 Å². The first kappa shape index (κ1) is 10.2. The number of nitrogens with two attached hydrogens (primary N) is 2. The molecule has 5 N–H and O–H groups in total. The van der Waals surface area contributed by atoms with Crippen LogP contribution in [0.15, 0.2) is 18.2 Å². The first-order chi connectivity index (χ1) is 6.65. The molecule has 0 unspecified atom stereocenters. The number of anilines is 2. The molecular formula is C9H13N3O2. The van der Waals surface area contributed by atoms with E-state index in [1.807, 2.05) is 0 Å². The summed E-state index contributed by atoms with van der Waals surface area (Å²) in [4.78, 5) is 10.5. The number of rotatable bonds is 4. The van der Waals surface area contributed by atoms with Crippen molar-refractivity contribution < 1.29 is 9.53 Å². The van der Waals surface area contributed by atoms with Gasteiger partial charge in [-0.1, -0.05) is 6.07 Å². The molecular weight excluding hydrogens is 182 g/mol. The number of amides is 1. The lowest BCUT2D eigenvalue weighted by molar-refractivity contribution is -0.116. The molecule has 0 spiro atoms. The van der Waals surface area contributed by atoms with Gasteiger partial charge in [0, 0.05) is 0 Å². The number of hydrogen-bond donors (Lipinski definition) is 3. The number of para-hydroxylation sites is 1. The van der Waals surface area contributed by atoms with E-state index in [1.165, 1.54) is 7.11 Å². The molecule has 0 aliphatic carbocycles. The van der Waals surface area contributed by atoms with Crippen molar-refractivity contribution in [1.82, 2.24) is 0 Å². The van der Waals surface area contributed by atoms with Crippen LogP contribution in [0.25, 0.3) is 0 Å². The lowest BCUT2D eigenvalue weighted by Crippen LogP contribution is -2.22. The zero-order chi connectivity index (χ0) is 10.6. The molecule has 14 heavy (non-hydrogen) atoms. The maximum Gasteiger partial charge on any atom is 0.236 e. The van der Waals surface area contributed by atoms with E-state index in [4.69, 9.17) is 16.2 Å². The fraction of sp³-hybridized carbons (Fsp3) is 0.222. The summed E-state index contributed by atoms with van der Waals surface area (Å²) in [5, 5.41) is 2.81. The van der Waals surface area contributed by atoms with Gasteiger partial charge in [0.05, 0.1) is 25.0 Å². The number of nitrogens with one attached hydrogen (secondary N) is 1. The van der Waals surface area contributed by atoms with Crippen molar-refractivity contribution in [2.45, 2.75) is 0 Å². The fourth-order valence-electron chi connectivity index (χ4n) is 1.06. The van der Waals surface area contributed by atoms with Crippen molar-refractivity contribution in [3.63, 3.8) is 0 Å². The van der Waals surface area contributed by atoms with Gasteiger partial charge in [-0.05, 0) is 12.1 Å². The van der Waals surface area contributed by atoms with Gasteiger partial charge in [-0.2, -0.15) is 0 Å². The quantitative estimate of drug-likeness (QED) is 0.597. The molecule has 0 heterocycles. The monoisotopic (exact) mass is 195 g/mol. The highest BCUT2D eigenvalue weighted by molar-refractivity contribution is 5.81. The molecule has 0 atom stereocenters. The lowest BCUT2D eigenvalue weighted by atomic mass is 10.2. The lowest BCUT2D eigenvalue weighted by Gasteiger charge is -2.10. The molecule has 0 radical (unpaired) electrons. The van der Waals surface area contributed by atoms with Crippen molar-refractivity contribution in [2.75, 3.05) is 24.7 Å². The van der Waals surface area contributed by atoms with Crippen molar-refractivity contribution in [3.8, 4) is 5.75 Å². The third-order valence-electron chi connectivity index (χ3n) is 1.74. The molecule has 1 aromatic rings. The molecule has 5 nitrogen and oxygen atoms in total. The fourth-order valence-corrected chi connectivity index (χ4v) is 1.06. The molecule has 0 bridgehead atoms. The minimum atomic E-state index is -0.438. The number of benzene rings is 1. The highest BCUT2D eigenvalue weighted by Gasteiger charge is 2.04. The summed E-state index contributed by atoms with van der Waals surface area (Å²) in [5.74, 6) is 0.131. The Labute approximate surface area is 82.0 Å². The van der Waals surface area contributed by atoms with Crippen LogP contribution in [-0.2, 0) is 4.79 Å². The van der Waals surface area contributed by atoms with Gasteiger partial charge in [-0.25, -0.2) is 0 Å². The Morgan fingerprint density at radius 1 is 1.57 bits per heavy atom. The third-order valence-corrected chi connectivity index (χ3v) is 1.74. The van der Waals surface area contributed by atoms with E-state index in [2.05, 4.69) is 5.32 Å². The number of ether oxygens (including phenoxy) is 1. The standard InChI is InChI=1S/C9H13N3O2/c1-14-7-4-2-3-6(9(7)11)12-5-8(10)13/h2-4,12H,5,11H2,1H3,(H2,10,13). The van der Waals surface area contributed by atoms with Crippen LogP contribution in [0.4, 0.5) is 11.4 Å². The van der Waals surface area contributed by atoms with Gasteiger partial charge in [0.15, 0.2) is 0 Å². The zero-order valence-electron chi connectivity index (χ0n) is 7.91. The van der Waals surface area contributed by atoms with Crippen LogP contribution in [0.5, 0.6) is 5.75 Å². The van der Waals surface area contributed by atoms with Crippen LogP contribution < -0.4 is 21.5 Å². The number of carbonyl (C=O) groups excluding carboxylic acids is 1. The third kappa shape index (κ3) is 2.29. The predicted molar refractivity (Wildman–Crippen MR) is 55.1 cm³/mol. The molecule has 0 saturated heterocycles. The second-order valence-corrected chi connectivity index (χ2v) is 2.74. The second-order valence-electron chi connectivity index (χ2n) is 2.74. The van der Waals surface area contributed by atoms with Gasteiger partial charge >= 0.3 is 0 Å². The smallest absolute Gasteiger partial charge is 0.236 e. The summed E-state index contributed by atoms with van der Waals surface area (Å²) in [7, 11) is 1.53. The SMILES string of the molecule is COc1cccc(NCC(N)=O)c1N. The van der Waals surface area contributed by atoms with Crippen molar-refractivity contribution in [1.29, 1.82) is 0 Å². The molecule has 1 amide bonds. The summed E-state index contributed by atoms with van der Waals surface area (Å²) in [6, 6.07) is 5.27. The molecule has 0 fully saturated rings. The maximum atomic E-state index is 10.5. The van der Waals surface area contributed by atoms with E-state index in [0.29, 0.717) is 17.1 Å². The van der Waals surface area contributed by atoms with Gasteiger partial charge < -0.3 is 21.5 Å². The van der Waals surface area contributed by atoms with Gasteiger partial charge in [-0.15, -0.1) is 0 Å². The summed E-state index contributed by atoms with van der Waals surface area (Å²) >= 11 is 0. The summed E-state index contributed by atoms with van der Waals surface area (Å²) in [5.41, 5.74) is 11.8. The van der Waals surface area contributed by atoms with Gasteiger partial charge in [-0.3, -0.25) is 4.79 Å². The number of carbonyl (C=O) groups is 1. The number of hydrogen-bond acceptors (Lipinski definition) is 4. The number of nitrogen functional groups attached to an aromatic ring is 1. The Hall–Kier alpha value is -1.91. The second kappa shape index (κ2) is 4.36. The first-order valence-electron chi connectivity index (χ1n) is 4.09. The van der Waals surface area contributed by atoms with Crippen LogP contribution in [0.1, 0.15) is 0 Å². The Kier molecular flexibility index (Phi) is 3.17. The van der Waals surface area contributed by atoms with Crippen LogP contribution in [0.3, 0.4) is 0 Å². The topological polar surface area (TPSA) is 90.4 Å². The Morgan fingerprint density at radius 3 is 2.86 bits per heavy atom. The average molecular weight is 195 g/mol. The van der Waals surface area contributed by atoms with Crippen molar-refractivity contribution in [2.24, 2.45) is 5.73 Å². The largest absolute Gasteiger partial charge is 0.495 e. The average Bonchev–Trinajstić information content (AvgIpc) is 2.16. The molecule has 0 aliphatic heterocycles.